The van der Waals surface area contributed by atoms with Crippen molar-refractivity contribution in [3.05, 3.63) is 0 Å². The van der Waals surface area contributed by atoms with E-state index in [1.54, 1.807) is 0 Å². The molecule has 0 radical (unpaired) electrons. The maximum absolute atomic E-state index is 11.7. The SMILES string of the molecule is COC(=O)[C@@H](OC)[C@H](OC)[C@H](OC)[C@@H](OC)C(=O)OC. The topological polar surface area (TPSA) is 89.5 Å². The van der Waals surface area contributed by atoms with Gasteiger partial charge in [0.15, 0.2) is 12.2 Å². The fourth-order valence-electron chi connectivity index (χ4n) is 1.82. The summed E-state index contributed by atoms with van der Waals surface area (Å²) >= 11 is 0. The molecule has 20 heavy (non-hydrogen) atoms. The molecule has 0 bridgehead atoms. The predicted molar refractivity (Wildman–Crippen MR) is 67.2 cm³/mol. The molecule has 118 valence electrons. The number of hydrogen-bond acceptors (Lipinski definition) is 8. The lowest BCUT2D eigenvalue weighted by Crippen LogP contribution is -2.53. The van der Waals surface area contributed by atoms with E-state index in [2.05, 4.69) is 9.47 Å². The van der Waals surface area contributed by atoms with Gasteiger partial charge in [0, 0.05) is 28.4 Å². The highest BCUT2D eigenvalue weighted by Crippen LogP contribution is 2.18. The zero-order valence-electron chi connectivity index (χ0n) is 12.6. The van der Waals surface area contributed by atoms with E-state index in [4.69, 9.17) is 18.9 Å². The Morgan fingerprint density at radius 2 is 0.900 bits per heavy atom. The Bertz CT molecular complexity index is 276. The van der Waals surface area contributed by atoms with Crippen molar-refractivity contribution in [1.82, 2.24) is 0 Å². The van der Waals surface area contributed by atoms with Crippen molar-refractivity contribution in [3.63, 3.8) is 0 Å². The molecular weight excluding hydrogens is 272 g/mol. The van der Waals surface area contributed by atoms with Gasteiger partial charge in [0.1, 0.15) is 12.2 Å². The molecule has 0 rings (SSSR count). The predicted octanol–water partition coefficient (Wildman–Crippen LogP) is -0.608. The van der Waals surface area contributed by atoms with Gasteiger partial charge in [0.05, 0.1) is 14.2 Å². The van der Waals surface area contributed by atoms with Crippen LogP contribution in [0.4, 0.5) is 0 Å². The summed E-state index contributed by atoms with van der Waals surface area (Å²) in [5, 5.41) is 0. The summed E-state index contributed by atoms with van der Waals surface area (Å²) in [5.74, 6) is -1.30. The van der Waals surface area contributed by atoms with Crippen molar-refractivity contribution in [2.45, 2.75) is 24.4 Å². The summed E-state index contributed by atoms with van der Waals surface area (Å²) in [6.45, 7) is 0. The zero-order chi connectivity index (χ0) is 15.7. The zero-order valence-corrected chi connectivity index (χ0v) is 12.6. The molecule has 0 aromatic rings. The first-order valence-corrected chi connectivity index (χ1v) is 5.79. The molecule has 4 atom stereocenters. The van der Waals surface area contributed by atoms with Crippen LogP contribution in [0.25, 0.3) is 0 Å². The van der Waals surface area contributed by atoms with Gasteiger partial charge >= 0.3 is 11.9 Å². The highest BCUT2D eigenvalue weighted by molar-refractivity contribution is 5.77. The molecule has 8 nitrogen and oxygen atoms in total. The lowest BCUT2D eigenvalue weighted by molar-refractivity contribution is -0.189. The summed E-state index contributed by atoms with van der Waals surface area (Å²) in [4.78, 5) is 23.3. The number of methoxy groups -OCH3 is 6. The molecule has 0 fully saturated rings. The second-order valence-electron chi connectivity index (χ2n) is 3.76. The van der Waals surface area contributed by atoms with Gasteiger partial charge in [-0.05, 0) is 0 Å². The van der Waals surface area contributed by atoms with Crippen LogP contribution in [-0.2, 0) is 38.0 Å². The summed E-state index contributed by atoms with van der Waals surface area (Å²) in [6.07, 6.45) is -3.97. The minimum atomic E-state index is -1.07. The van der Waals surface area contributed by atoms with Crippen molar-refractivity contribution in [2.24, 2.45) is 0 Å². The summed E-state index contributed by atoms with van der Waals surface area (Å²) < 4.78 is 29.8. The van der Waals surface area contributed by atoms with Gasteiger partial charge in [0.25, 0.3) is 0 Å². The van der Waals surface area contributed by atoms with Gasteiger partial charge in [-0.2, -0.15) is 0 Å². The van der Waals surface area contributed by atoms with Gasteiger partial charge in [-0.1, -0.05) is 0 Å². The standard InChI is InChI=1S/C12H22O8/c1-15-7(9(17-3)11(13)19-5)8(16-2)10(18-4)12(14)20-6/h7-10H,1-6H3/t7-,8+,9+,10-. The monoisotopic (exact) mass is 294 g/mol. The van der Waals surface area contributed by atoms with Gasteiger partial charge in [-0.15, -0.1) is 0 Å². The Morgan fingerprint density at radius 3 is 1.05 bits per heavy atom. The number of esters is 2. The van der Waals surface area contributed by atoms with Crippen molar-refractivity contribution >= 4 is 11.9 Å². The largest absolute Gasteiger partial charge is 0.467 e. The molecule has 0 aromatic carbocycles. The van der Waals surface area contributed by atoms with Crippen molar-refractivity contribution in [3.8, 4) is 0 Å². The van der Waals surface area contributed by atoms with Crippen LogP contribution in [-0.4, -0.2) is 79.0 Å². The van der Waals surface area contributed by atoms with E-state index >= 15 is 0 Å². The lowest BCUT2D eigenvalue weighted by Gasteiger charge is -2.32. The molecule has 0 N–H and O–H groups in total. The van der Waals surface area contributed by atoms with Gasteiger partial charge in [-0.25, -0.2) is 9.59 Å². The van der Waals surface area contributed by atoms with Gasteiger partial charge in [0.2, 0.25) is 0 Å². The molecule has 0 saturated heterocycles. The number of carbonyl (C=O) groups is 2. The average molecular weight is 294 g/mol. The van der Waals surface area contributed by atoms with E-state index in [-0.39, 0.29) is 0 Å². The van der Waals surface area contributed by atoms with E-state index in [1.165, 1.54) is 42.7 Å². The van der Waals surface area contributed by atoms with Crippen LogP contribution in [0.5, 0.6) is 0 Å². The number of hydrogen-bond donors (Lipinski definition) is 0. The van der Waals surface area contributed by atoms with Crippen LogP contribution >= 0.6 is 0 Å². The van der Waals surface area contributed by atoms with Gasteiger partial charge in [-0.3, -0.25) is 0 Å². The van der Waals surface area contributed by atoms with E-state index < -0.39 is 36.4 Å². The fraction of sp³-hybridized carbons (Fsp3) is 0.833. The molecule has 0 aliphatic heterocycles. The molecule has 0 aliphatic carbocycles. The smallest absolute Gasteiger partial charge is 0.337 e. The molecule has 0 spiro atoms. The molecule has 8 heteroatoms. The molecule has 0 amide bonds. The summed E-state index contributed by atoms with van der Waals surface area (Å²) in [6, 6.07) is 0. The molecule has 0 saturated carbocycles. The minimum Gasteiger partial charge on any atom is -0.467 e. The van der Waals surface area contributed by atoms with Crippen LogP contribution in [0.15, 0.2) is 0 Å². The maximum atomic E-state index is 11.7. The quantitative estimate of drug-likeness (QED) is 0.520. The Kier molecular flexibility index (Phi) is 9.06. The third-order valence-electron chi connectivity index (χ3n) is 2.84. The van der Waals surface area contributed by atoms with E-state index in [9.17, 15) is 9.59 Å². The Balaban J connectivity index is 5.31. The maximum Gasteiger partial charge on any atom is 0.337 e. The third kappa shape index (κ3) is 4.41. The first kappa shape index (κ1) is 18.8. The molecule has 0 unspecified atom stereocenters. The minimum absolute atomic E-state index is 0.652. The van der Waals surface area contributed by atoms with Crippen LogP contribution in [0.1, 0.15) is 0 Å². The van der Waals surface area contributed by atoms with Crippen LogP contribution in [0.3, 0.4) is 0 Å². The van der Waals surface area contributed by atoms with Crippen LogP contribution < -0.4 is 0 Å². The summed E-state index contributed by atoms with van der Waals surface area (Å²) in [5.41, 5.74) is 0. The van der Waals surface area contributed by atoms with Crippen molar-refractivity contribution in [2.75, 3.05) is 42.7 Å². The molecular formula is C12H22O8. The van der Waals surface area contributed by atoms with E-state index in [0.29, 0.717) is 0 Å². The number of rotatable bonds is 9. The Hall–Kier alpha value is -1.22. The number of ether oxygens (including phenoxy) is 6. The third-order valence-corrected chi connectivity index (χ3v) is 2.84. The fourth-order valence-corrected chi connectivity index (χ4v) is 1.82. The molecule has 0 aliphatic rings. The first-order chi connectivity index (χ1) is 9.51. The highest BCUT2D eigenvalue weighted by Gasteiger charge is 2.43. The normalized spacial score (nSPS) is 16.9. The molecule has 0 heterocycles. The first-order valence-electron chi connectivity index (χ1n) is 5.79. The van der Waals surface area contributed by atoms with Crippen LogP contribution in [0, 0.1) is 0 Å². The Morgan fingerprint density at radius 1 is 0.600 bits per heavy atom. The van der Waals surface area contributed by atoms with Crippen molar-refractivity contribution < 1.29 is 38.0 Å². The molecule has 0 aromatic heterocycles. The summed E-state index contributed by atoms with van der Waals surface area (Å²) in [7, 11) is 7.79. The van der Waals surface area contributed by atoms with Gasteiger partial charge < -0.3 is 28.4 Å². The van der Waals surface area contributed by atoms with Crippen LogP contribution in [0.2, 0.25) is 0 Å². The highest BCUT2D eigenvalue weighted by atomic mass is 16.6. The second kappa shape index (κ2) is 9.65. The number of carbonyl (C=O) groups excluding carboxylic acids is 2. The average Bonchev–Trinajstić information content (AvgIpc) is 2.49. The Labute approximate surface area is 118 Å². The van der Waals surface area contributed by atoms with E-state index in [0.717, 1.165) is 0 Å². The lowest BCUT2D eigenvalue weighted by atomic mass is 10.0. The second-order valence-corrected chi connectivity index (χ2v) is 3.76. The van der Waals surface area contributed by atoms with E-state index in [1.807, 2.05) is 0 Å². The van der Waals surface area contributed by atoms with Crippen molar-refractivity contribution in [1.29, 1.82) is 0 Å².